The van der Waals surface area contributed by atoms with Crippen LogP contribution in [-0.4, -0.2) is 43.0 Å². The number of carbonyl (C=O) groups excluding carboxylic acids is 3. The van der Waals surface area contributed by atoms with Gasteiger partial charge >= 0.3 is 6.03 Å². The number of barbiturate groups is 1. The maximum Gasteiger partial charge on any atom is 0.335 e. The van der Waals surface area contributed by atoms with Crippen molar-refractivity contribution in [3.63, 3.8) is 0 Å². The van der Waals surface area contributed by atoms with Crippen LogP contribution < -0.4 is 24.6 Å². The molecule has 8 rings (SSSR count). The number of hydrogen-bond acceptors (Lipinski definition) is 8. The fourth-order valence-electron chi connectivity index (χ4n) is 7.80. The summed E-state index contributed by atoms with van der Waals surface area (Å²) in [7, 11) is 1.47. The number of benzene rings is 5. The molecule has 3 heterocycles. The number of amides is 4. The van der Waals surface area contributed by atoms with E-state index in [1.54, 1.807) is 30.3 Å². The Morgan fingerprint density at radius 1 is 0.796 bits per heavy atom. The first kappa shape index (κ1) is 34.3. The van der Waals surface area contributed by atoms with Gasteiger partial charge < -0.3 is 14.4 Å². The van der Waals surface area contributed by atoms with Crippen LogP contribution in [-0.2, 0) is 16.2 Å². The molecule has 0 bridgehead atoms. The number of ether oxygens (including phenoxy) is 2. The molecule has 0 radical (unpaired) electrons. The lowest BCUT2D eigenvalue weighted by atomic mass is 9.76. The topological polar surface area (TPSA) is 131 Å². The zero-order chi connectivity index (χ0) is 37.3. The molecular weight excluding hydrogens is 684 g/mol. The predicted molar refractivity (Wildman–Crippen MR) is 204 cm³/mol. The van der Waals surface area contributed by atoms with E-state index in [9.17, 15) is 24.5 Å². The number of hydrogen-bond donors (Lipinski definition) is 1. The first-order chi connectivity index (χ1) is 26.3. The SMILES string of the molecule is COc1cc(/C=C2\C(=O)NC(=O)N(c3cc4c5c(c3)[C@@H](c3ccccc3)CCN5CC[C@@H]4c3ccccc3)C2=O)ccc1OCc1ccc([N+](=O)[O-])cc1. The highest BCUT2D eigenvalue weighted by molar-refractivity contribution is 6.39. The van der Waals surface area contributed by atoms with Crippen molar-refractivity contribution in [3.05, 3.63) is 164 Å². The largest absolute Gasteiger partial charge is 0.493 e. The zero-order valence-electron chi connectivity index (χ0n) is 29.4. The van der Waals surface area contributed by atoms with E-state index in [0.717, 1.165) is 64.3 Å². The summed E-state index contributed by atoms with van der Waals surface area (Å²) in [6.45, 7) is 1.92. The molecule has 0 saturated carbocycles. The third kappa shape index (κ3) is 6.44. The molecule has 11 heteroatoms. The summed E-state index contributed by atoms with van der Waals surface area (Å²) in [4.78, 5) is 55.2. The Labute approximate surface area is 311 Å². The number of nitro groups is 1. The van der Waals surface area contributed by atoms with E-state index in [-0.39, 0.29) is 29.7 Å². The summed E-state index contributed by atoms with van der Waals surface area (Å²) < 4.78 is 11.5. The molecule has 0 unspecified atom stereocenters. The van der Waals surface area contributed by atoms with E-state index >= 15 is 0 Å². The Kier molecular flexibility index (Phi) is 9.12. The summed E-state index contributed by atoms with van der Waals surface area (Å²) in [5.74, 6) is -0.678. The van der Waals surface area contributed by atoms with Crippen LogP contribution >= 0.6 is 0 Å². The number of urea groups is 1. The number of nitro benzene ring substituents is 1. The molecule has 0 aromatic heterocycles. The second-order valence-corrected chi connectivity index (χ2v) is 13.5. The number of methoxy groups -OCH3 is 1. The Morgan fingerprint density at radius 2 is 1.41 bits per heavy atom. The molecule has 1 fully saturated rings. The Balaban J connectivity index is 1.14. The first-order valence-corrected chi connectivity index (χ1v) is 17.8. The molecule has 1 saturated heterocycles. The van der Waals surface area contributed by atoms with Crippen molar-refractivity contribution in [1.29, 1.82) is 0 Å². The van der Waals surface area contributed by atoms with Gasteiger partial charge in [0, 0.05) is 42.7 Å². The van der Waals surface area contributed by atoms with Crippen LogP contribution in [0.1, 0.15) is 58.1 Å². The summed E-state index contributed by atoms with van der Waals surface area (Å²) in [6.07, 6.45) is 3.20. The van der Waals surface area contributed by atoms with E-state index in [1.807, 2.05) is 48.5 Å². The van der Waals surface area contributed by atoms with Crippen LogP contribution in [0.5, 0.6) is 11.5 Å². The van der Waals surface area contributed by atoms with Gasteiger partial charge in [-0.15, -0.1) is 0 Å². The molecule has 54 heavy (non-hydrogen) atoms. The van der Waals surface area contributed by atoms with Crippen molar-refractivity contribution in [2.24, 2.45) is 0 Å². The van der Waals surface area contributed by atoms with Crippen molar-refractivity contribution in [2.45, 2.75) is 31.3 Å². The molecular formula is C43H36N4O7. The minimum atomic E-state index is -0.808. The zero-order valence-corrected chi connectivity index (χ0v) is 29.4. The lowest BCUT2D eigenvalue weighted by Crippen LogP contribution is -2.54. The van der Waals surface area contributed by atoms with Gasteiger partial charge in [0.1, 0.15) is 12.2 Å². The molecule has 3 aliphatic heterocycles. The van der Waals surface area contributed by atoms with Gasteiger partial charge in [0.05, 0.1) is 17.7 Å². The van der Waals surface area contributed by atoms with Crippen molar-refractivity contribution in [1.82, 2.24) is 5.32 Å². The van der Waals surface area contributed by atoms with E-state index in [0.29, 0.717) is 22.7 Å². The van der Waals surface area contributed by atoms with Crippen LogP contribution in [0, 0.1) is 10.1 Å². The molecule has 0 aliphatic carbocycles. The monoisotopic (exact) mass is 720 g/mol. The molecule has 5 aromatic rings. The summed E-state index contributed by atoms with van der Waals surface area (Å²) in [5, 5.41) is 13.4. The number of nitrogens with one attached hydrogen (secondary N) is 1. The molecule has 5 aromatic carbocycles. The minimum absolute atomic E-state index is 0.0177. The Hall–Kier alpha value is -6.75. The molecule has 11 nitrogen and oxygen atoms in total. The van der Waals surface area contributed by atoms with Gasteiger partial charge in [0.2, 0.25) is 0 Å². The molecule has 3 aliphatic rings. The summed E-state index contributed by atoms with van der Waals surface area (Å²) >= 11 is 0. The second-order valence-electron chi connectivity index (χ2n) is 13.5. The van der Waals surface area contributed by atoms with Crippen molar-refractivity contribution in [2.75, 3.05) is 30.0 Å². The maximum absolute atomic E-state index is 14.3. The average Bonchev–Trinajstić information content (AvgIpc) is 3.19. The van der Waals surface area contributed by atoms with E-state index in [4.69, 9.17) is 9.47 Å². The highest BCUT2D eigenvalue weighted by atomic mass is 16.6. The molecule has 4 amide bonds. The van der Waals surface area contributed by atoms with Gasteiger partial charge in [-0.3, -0.25) is 25.0 Å². The fraction of sp³-hybridized carbons (Fsp3) is 0.186. The maximum atomic E-state index is 14.3. The number of rotatable bonds is 9. The highest BCUT2D eigenvalue weighted by Gasteiger charge is 2.40. The predicted octanol–water partition coefficient (Wildman–Crippen LogP) is 7.73. The lowest BCUT2D eigenvalue weighted by Gasteiger charge is -2.44. The quantitative estimate of drug-likeness (QED) is 0.0709. The van der Waals surface area contributed by atoms with Crippen molar-refractivity contribution < 1.29 is 28.8 Å². The third-order valence-corrected chi connectivity index (χ3v) is 10.4. The van der Waals surface area contributed by atoms with Crippen LogP contribution in [0.3, 0.4) is 0 Å². The van der Waals surface area contributed by atoms with Crippen LogP contribution in [0.15, 0.2) is 121 Å². The lowest BCUT2D eigenvalue weighted by molar-refractivity contribution is -0.384. The van der Waals surface area contributed by atoms with Crippen LogP contribution in [0.2, 0.25) is 0 Å². The van der Waals surface area contributed by atoms with Gasteiger partial charge in [-0.05, 0) is 88.7 Å². The summed E-state index contributed by atoms with van der Waals surface area (Å²) in [6, 6.07) is 34.7. The number of carbonyl (C=O) groups is 3. The number of imide groups is 2. The van der Waals surface area contributed by atoms with Gasteiger partial charge in [-0.25, -0.2) is 9.69 Å². The summed E-state index contributed by atoms with van der Waals surface area (Å²) in [5.41, 5.74) is 6.97. The molecule has 2 atom stereocenters. The second kappa shape index (κ2) is 14.3. The molecule has 1 N–H and O–H groups in total. The fourth-order valence-corrected chi connectivity index (χ4v) is 7.80. The number of nitrogens with zero attached hydrogens (tertiary/aromatic N) is 3. The van der Waals surface area contributed by atoms with Gasteiger partial charge in [-0.2, -0.15) is 0 Å². The van der Waals surface area contributed by atoms with Crippen molar-refractivity contribution in [3.8, 4) is 11.5 Å². The van der Waals surface area contributed by atoms with Gasteiger partial charge in [0.15, 0.2) is 11.5 Å². The first-order valence-electron chi connectivity index (χ1n) is 17.8. The standard InChI is InChI=1S/C43H36N4O7/c1-53-39-23-28(14-17-38(39)54-26-27-12-15-31(16-13-27)47(51)52)22-37-41(48)44-43(50)46(42(37)49)32-24-35-33(29-8-4-2-5-9-29)18-20-45-21-19-34(36(25-32)40(35)45)30-10-6-3-7-11-30/h2-17,22-25,33-34H,18-21,26H2,1H3,(H,44,48,50)/b37-22+/t33-,34-/m1/s1. The molecule has 0 spiro atoms. The average molecular weight is 721 g/mol. The number of non-ortho nitro benzene ring substituents is 1. The van der Waals surface area contributed by atoms with Crippen molar-refractivity contribution >= 4 is 41.0 Å². The van der Waals surface area contributed by atoms with Gasteiger partial charge in [-0.1, -0.05) is 66.7 Å². The smallest absolute Gasteiger partial charge is 0.335 e. The number of anilines is 2. The normalized spacial score (nSPS) is 18.6. The Bertz CT molecular complexity index is 2240. The Morgan fingerprint density at radius 3 is 1.98 bits per heavy atom. The third-order valence-electron chi connectivity index (χ3n) is 10.4. The van der Waals surface area contributed by atoms with E-state index in [1.165, 1.54) is 25.3 Å². The minimum Gasteiger partial charge on any atom is -0.493 e. The molecule has 270 valence electrons. The highest BCUT2D eigenvalue weighted by Crippen LogP contribution is 2.50. The van der Waals surface area contributed by atoms with E-state index in [2.05, 4.69) is 34.5 Å². The van der Waals surface area contributed by atoms with E-state index < -0.39 is 22.8 Å². The van der Waals surface area contributed by atoms with Gasteiger partial charge in [0.25, 0.3) is 17.5 Å². The van der Waals surface area contributed by atoms with Crippen LogP contribution in [0.25, 0.3) is 6.08 Å². The van der Waals surface area contributed by atoms with Crippen LogP contribution in [0.4, 0.5) is 21.9 Å².